The molecule has 13 heavy (non-hydrogen) atoms. The SMILES string of the molecule is CCc1ccc(Cl)cc1NC(C)O. The number of hydrogen-bond acceptors (Lipinski definition) is 2. The lowest BCUT2D eigenvalue weighted by Gasteiger charge is -2.13. The lowest BCUT2D eigenvalue weighted by Crippen LogP contribution is -2.14. The number of rotatable bonds is 3. The van der Waals surface area contributed by atoms with Gasteiger partial charge in [0.15, 0.2) is 0 Å². The first-order valence-electron chi connectivity index (χ1n) is 4.36. The standard InChI is InChI=1S/C10H14ClNO/c1-3-8-4-5-9(11)6-10(8)12-7(2)13/h4-7,12-13H,3H2,1-2H3. The van der Waals surface area contributed by atoms with Crippen LogP contribution in [0.5, 0.6) is 0 Å². The summed E-state index contributed by atoms with van der Waals surface area (Å²) in [4.78, 5) is 0. The predicted molar refractivity (Wildman–Crippen MR) is 56.1 cm³/mol. The Hall–Kier alpha value is -0.730. The first-order chi connectivity index (χ1) is 6.13. The van der Waals surface area contributed by atoms with Crippen molar-refractivity contribution in [3.05, 3.63) is 28.8 Å². The number of aryl methyl sites for hydroxylation is 1. The highest BCUT2D eigenvalue weighted by molar-refractivity contribution is 6.30. The first-order valence-corrected chi connectivity index (χ1v) is 4.74. The second-order valence-electron chi connectivity index (χ2n) is 2.98. The summed E-state index contributed by atoms with van der Waals surface area (Å²) in [7, 11) is 0. The molecular formula is C10H14ClNO. The molecule has 0 aromatic heterocycles. The number of anilines is 1. The van der Waals surface area contributed by atoms with Gasteiger partial charge in [0, 0.05) is 10.7 Å². The van der Waals surface area contributed by atoms with Crippen LogP contribution in [0.25, 0.3) is 0 Å². The number of aliphatic hydroxyl groups is 1. The van der Waals surface area contributed by atoms with Crippen LogP contribution in [-0.4, -0.2) is 11.3 Å². The van der Waals surface area contributed by atoms with Crippen molar-refractivity contribution in [2.45, 2.75) is 26.5 Å². The molecule has 0 aliphatic rings. The van der Waals surface area contributed by atoms with E-state index < -0.39 is 6.23 Å². The minimum atomic E-state index is -0.552. The number of benzene rings is 1. The average Bonchev–Trinajstić information content (AvgIpc) is 2.03. The Labute approximate surface area is 83.5 Å². The highest BCUT2D eigenvalue weighted by atomic mass is 35.5. The molecule has 1 atom stereocenters. The van der Waals surface area contributed by atoms with Crippen molar-refractivity contribution in [3.8, 4) is 0 Å². The Morgan fingerprint density at radius 2 is 2.23 bits per heavy atom. The maximum Gasteiger partial charge on any atom is 0.121 e. The molecule has 2 N–H and O–H groups in total. The van der Waals surface area contributed by atoms with Crippen LogP contribution in [0.1, 0.15) is 19.4 Å². The minimum Gasteiger partial charge on any atom is -0.374 e. The van der Waals surface area contributed by atoms with E-state index in [1.54, 1.807) is 6.92 Å². The third-order valence-corrected chi connectivity index (χ3v) is 2.05. The zero-order chi connectivity index (χ0) is 9.84. The molecule has 72 valence electrons. The molecule has 1 aromatic rings. The van der Waals surface area contributed by atoms with Gasteiger partial charge in [0.05, 0.1) is 0 Å². The zero-order valence-electron chi connectivity index (χ0n) is 7.84. The summed E-state index contributed by atoms with van der Waals surface area (Å²) in [5, 5.41) is 12.8. The van der Waals surface area contributed by atoms with Crippen molar-refractivity contribution in [1.82, 2.24) is 0 Å². The second kappa shape index (κ2) is 4.49. The van der Waals surface area contributed by atoms with Gasteiger partial charge in [-0.15, -0.1) is 0 Å². The quantitative estimate of drug-likeness (QED) is 0.734. The molecule has 0 saturated carbocycles. The Kier molecular flexibility index (Phi) is 3.58. The number of halogens is 1. The summed E-state index contributed by atoms with van der Waals surface area (Å²) >= 11 is 5.84. The summed E-state index contributed by atoms with van der Waals surface area (Å²) in [5.41, 5.74) is 2.07. The van der Waals surface area contributed by atoms with Crippen LogP contribution >= 0.6 is 11.6 Å². The van der Waals surface area contributed by atoms with Crippen molar-refractivity contribution < 1.29 is 5.11 Å². The zero-order valence-corrected chi connectivity index (χ0v) is 8.60. The smallest absolute Gasteiger partial charge is 0.121 e. The largest absolute Gasteiger partial charge is 0.374 e. The van der Waals surface area contributed by atoms with E-state index in [0.29, 0.717) is 5.02 Å². The summed E-state index contributed by atoms with van der Waals surface area (Å²) < 4.78 is 0. The van der Waals surface area contributed by atoms with E-state index in [-0.39, 0.29) is 0 Å². The maximum atomic E-state index is 9.16. The van der Waals surface area contributed by atoms with E-state index in [9.17, 15) is 0 Å². The third-order valence-electron chi connectivity index (χ3n) is 1.82. The minimum absolute atomic E-state index is 0.552. The molecule has 0 spiro atoms. The molecule has 0 fully saturated rings. The van der Waals surface area contributed by atoms with Crippen molar-refractivity contribution in [2.24, 2.45) is 0 Å². The molecule has 0 aliphatic carbocycles. The third kappa shape index (κ3) is 2.90. The van der Waals surface area contributed by atoms with Crippen LogP contribution in [0.15, 0.2) is 18.2 Å². The van der Waals surface area contributed by atoms with Crippen molar-refractivity contribution >= 4 is 17.3 Å². The normalized spacial score (nSPS) is 12.6. The number of nitrogens with one attached hydrogen (secondary N) is 1. The predicted octanol–water partition coefficient (Wildman–Crippen LogP) is 2.65. The van der Waals surface area contributed by atoms with E-state index in [1.165, 1.54) is 0 Å². The fourth-order valence-electron chi connectivity index (χ4n) is 1.22. The lowest BCUT2D eigenvalue weighted by atomic mass is 10.1. The molecule has 0 aliphatic heterocycles. The maximum absolute atomic E-state index is 9.16. The molecule has 3 heteroatoms. The molecule has 0 radical (unpaired) electrons. The first kappa shape index (κ1) is 10.4. The van der Waals surface area contributed by atoms with Crippen LogP contribution in [0.4, 0.5) is 5.69 Å². The van der Waals surface area contributed by atoms with E-state index in [0.717, 1.165) is 17.7 Å². The van der Waals surface area contributed by atoms with Gasteiger partial charge in [0.25, 0.3) is 0 Å². The van der Waals surface area contributed by atoms with Gasteiger partial charge in [-0.05, 0) is 31.0 Å². The molecule has 1 rings (SSSR count). The van der Waals surface area contributed by atoms with E-state index in [4.69, 9.17) is 16.7 Å². The van der Waals surface area contributed by atoms with Crippen LogP contribution in [-0.2, 0) is 6.42 Å². The summed E-state index contributed by atoms with van der Waals surface area (Å²) in [6.45, 7) is 3.75. The number of hydrogen-bond donors (Lipinski definition) is 2. The average molecular weight is 200 g/mol. The van der Waals surface area contributed by atoms with Gasteiger partial charge in [-0.1, -0.05) is 24.6 Å². The Balaban J connectivity index is 2.94. The molecule has 2 nitrogen and oxygen atoms in total. The van der Waals surface area contributed by atoms with Crippen molar-refractivity contribution in [1.29, 1.82) is 0 Å². The molecule has 0 amide bonds. The molecule has 1 unspecified atom stereocenters. The highest BCUT2D eigenvalue weighted by Crippen LogP contribution is 2.21. The van der Waals surface area contributed by atoms with E-state index in [1.807, 2.05) is 18.2 Å². The molecule has 0 heterocycles. The Morgan fingerprint density at radius 3 is 2.77 bits per heavy atom. The summed E-state index contributed by atoms with van der Waals surface area (Å²) in [6.07, 6.45) is 0.371. The summed E-state index contributed by atoms with van der Waals surface area (Å²) in [6, 6.07) is 5.65. The molecule has 1 aromatic carbocycles. The van der Waals surface area contributed by atoms with Crippen molar-refractivity contribution in [2.75, 3.05) is 5.32 Å². The van der Waals surface area contributed by atoms with Gasteiger partial charge in [-0.2, -0.15) is 0 Å². The molecule has 0 bridgehead atoms. The van der Waals surface area contributed by atoms with Crippen LogP contribution in [0, 0.1) is 0 Å². The van der Waals surface area contributed by atoms with Crippen LogP contribution in [0.2, 0.25) is 5.02 Å². The Morgan fingerprint density at radius 1 is 1.54 bits per heavy atom. The lowest BCUT2D eigenvalue weighted by molar-refractivity contribution is 0.224. The van der Waals surface area contributed by atoms with Gasteiger partial charge >= 0.3 is 0 Å². The number of aliphatic hydroxyl groups excluding tert-OH is 1. The van der Waals surface area contributed by atoms with E-state index in [2.05, 4.69) is 12.2 Å². The fraction of sp³-hybridized carbons (Fsp3) is 0.400. The van der Waals surface area contributed by atoms with Gasteiger partial charge in [0.1, 0.15) is 6.23 Å². The van der Waals surface area contributed by atoms with Crippen LogP contribution in [0.3, 0.4) is 0 Å². The van der Waals surface area contributed by atoms with Gasteiger partial charge < -0.3 is 10.4 Å². The molecular weight excluding hydrogens is 186 g/mol. The molecule has 0 saturated heterocycles. The monoisotopic (exact) mass is 199 g/mol. The van der Waals surface area contributed by atoms with Gasteiger partial charge in [0.2, 0.25) is 0 Å². The summed E-state index contributed by atoms with van der Waals surface area (Å²) in [5.74, 6) is 0. The second-order valence-corrected chi connectivity index (χ2v) is 3.41. The fourth-order valence-corrected chi connectivity index (χ4v) is 1.39. The van der Waals surface area contributed by atoms with Gasteiger partial charge in [-0.25, -0.2) is 0 Å². The Bertz CT molecular complexity index is 286. The van der Waals surface area contributed by atoms with E-state index >= 15 is 0 Å². The van der Waals surface area contributed by atoms with Crippen LogP contribution < -0.4 is 5.32 Å². The topological polar surface area (TPSA) is 32.3 Å². The van der Waals surface area contributed by atoms with Gasteiger partial charge in [-0.3, -0.25) is 0 Å². The highest BCUT2D eigenvalue weighted by Gasteiger charge is 2.02. The van der Waals surface area contributed by atoms with Crippen molar-refractivity contribution in [3.63, 3.8) is 0 Å².